The average Bonchev–Trinajstić information content (AvgIpc) is 2.75. The van der Waals surface area contributed by atoms with Crippen molar-refractivity contribution in [3.05, 3.63) is 29.6 Å². The highest BCUT2D eigenvalue weighted by Gasteiger charge is 2.10. The second-order valence-electron chi connectivity index (χ2n) is 5.28. The second-order valence-corrected chi connectivity index (χ2v) is 5.28. The summed E-state index contributed by atoms with van der Waals surface area (Å²) in [5.41, 5.74) is 3.77. The number of fused-ring (bicyclic) bond motifs is 1. The number of nitrogens with one attached hydrogen (secondary N) is 1. The smallest absolute Gasteiger partial charge is 0.111 e. The maximum absolute atomic E-state index is 4.82. The number of hydrogen-bond acceptors (Lipinski definition) is 2. The van der Waals surface area contributed by atoms with Crippen LogP contribution in [-0.2, 0) is 13.0 Å². The van der Waals surface area contributed by atoms with E-state index in [-0.39, 0.29) is 0 Å². The molecule has 2 rings (SSSR count). The van der Waals surface area contributed by atoms with Crippen LogP contribution in [0.25, 0.3) is 11.0 Å². The molecule has 1 aromatic carbocycles. The fourth-order valence-corrected chi connectivity index (χ4v) is 2.48. The molecular weight excluding hydrogens is 234 g/mol. The van der Waals surface area contributed by atoms with Gasteiger partial charge in [0.05, 0.1) is 11.0 Å². The van der Waals surface area contributed by atoms with Gasteiger partial charge < -0.3 is 9.88 Å². The Bertz CT molecular complexity index is 540. The van der Waals surface area contributed by atoms with Gasteiger partial charge in [-0.2, -0.15) is 0 Å². The third-order valence-corrected chi connectivity index (χ3v) is 3.61. The molecule has 3 heteroatoms. The third kappa shape index (κ3) is 2.98. The van der Waals surface area contributed by atoms with Gasteiger partial charge in [0.2, 0.25) is 0 Å². The molecule has 0 aliphatic heterocycles. The molecule has 19 heavy (non-hydrogen) atoms. The number of benzene rings is 1. The van der Waals surface area contributed by atoms with Crippen LogP contribution in [0.2, 0.25) is 0 Å². The highest BCUT2D eigenvalue weighted by molar-refractivity contribution is 5.77. The van der Waals surface area contributed by atoms with E-state index >= 15 is 0 Å². The molecular formula is C16H25N3. The van der Waals surface area contributed by atoms with Gasteiger partial charge in [0, 0.05) is 19.5 Å². The van der Waals surface area contributed by atoms with Gasteiger partial charge >= 0.3 is 0 Å². The molecule has 0 bridgehead atoms. The Kier molecular flexibility index (Phi) is 4.59. The van der Waals surface area contributed by atoms with Crippen molar-refractivity contribution in [1.82, 2.24) is 14.9 Å². The second kappa shape index (κ2) is 6.20. The van der Waals surface area contributed by atoms with Crippen molar-refractivity contribution in [3.63, 3.8) is 0 Å². The first-order valence-electron chi connectivity index (χ1n) is 7.37. The van der Waals surface area contributed by atoms with E-state index in [0.29, 0.717) is 5.92 Å². The normalized spacial score (nSPS) is 11.6. The summed E-state index contributed by atoms with van der Waals surface area (Å²) in [6.07, 6.45) is 0.993. The Labute approximate surface area is 116 Å². The average molecular weight is 259 g/mol. The van der Waals surface area contributed by atoms with Crippen LogP contribution in [0, 0.1) is 0 Å². The lowest BCUT2D eigenvalue weighted by Crippen LogP contribution is -2.18. The zero-order valence-corrected chi connectivity index (χ0v) is 12.5. The molecule has 0 amide bonds. The highest BCUT2D eigenvalue weighted by atomic mass is 15.1. The summed E-state index contributed by atoms with van der Waals surface area (Å²) < 4.78 is 2.33. The van der Waals surface area contributed by atoms with Gasteiger partial charge in [-0.1, -0.05) is 26.8 Å². The van der Waals surface area contributed by atoms with Crippen LogP contribution >= 0.6 is 0 Å². The fraction of sp³-hybridized carbons (Fsp3) is 0.562. The van der Waals surface area contributed by atoms with Crippen LogP contribution < -0.4 is 5.32 Å². The van der Waals surface area contributed by atoms with Crippen LogP contribution in [0.15, 0.2) is 18.2 Å². The first-order valence-corrected chi connectivity index (χ1v) is 7.37. The lowest BCUT2D eigenvalue weighted by atomic mass is 10.0. The highest BCUT2D eigenvalue weighted by Crippen LogP contribution is 2.22. The Morgan fingerprint density at radius 2 is 2.05 bits per heavy atom. The number of aromatic nitrogens is 2. The molecule has 0 fully saturated rings. The topological polar surface area (TPSA) is 29.9 Å². The lowest BCUT2D eigenvalue weighted by molar-refractivity contribution is 0.655. The van der Waals surface area contributed by atoms with Crippen molar-refractivity contribution < 1.29 is 0 Å². The van der Waals surface area contributed by atoms with E-state index < -0.39 is 0 Å². The van der Waals surface area contributed by atoms with Gasteiger partial charge in [-0.25, -0.2) is 4.98 Å². The van der Waals surface area contributed by atoms with Gasteiger partial charge in [-0.05, 0) is 37.1 Å². The number of likely N-dealkylation sites (N-methyl/N-ethyl adjacent to an activating group) is 1. The monoisotopic (exact) mass is 259 g/mol. The van der Waals surface area contributed by atoms with Crippen LogP contribution in [0.5, 0.6) is 0 Å². The van der Waals surface area contributed by atoms with Gasteiger partial charge in [-0.15, -0.1) is 0 Å². The van der Waals surface area contributed by atoms with Crippen molar-refractivity contribution in [3.8, 4) is 0 Å². The van der Waals surface area contributed by atoms with E-state index in [4.69, 9.17) is 4.98 Å². The number of imidazole rings is 1. The predicted octanol–water partition coefficient (Wildman–Crippen LogP) is 3.33. The summed E-state index contributed by atoms with van der Waals surface area (Å²) in [5, 5.41) is 3.37. The van der Waals surface area contributed by atoms with Gasteiger partial charge in [0.1, 0.15) is 5.82 Å². The standard InChI is InChI=1S/C16H25N3/c1-5-17-10-9-16-18-14-11-13(12(3)4)7-8-15(14)19(16)6-2/h7-8,11-12,17H,5-6,9-10H2,1-4H3. The molecule has 0 saturated heterocycles. The minimum Gasteiger partial charge on any atom is -0.328 e. The zero-order chi connectivity index (χ0) is 13.8. The van der Waals surface area contributed by atoms with Crippen molar-refractivity contribution >= 4 is 11.0 Å². The van der Waals surface area contributed by atoms with Gasteiger partial charge in [-0.3, -0.25) is 0 Å². The first kappa shape index (κ1) is 14.1. The quantitative estimate of drug-likeness (QED) is 0.806. The minimum absolute atomic E-state index is 0.557. The number of hydrogen-bond donors (Lipinski definition) is 1. The Hall–Kier alpha value is -1.35. The molecule has 0 spiro atoms. The van der Waals surface area contributed by atoms with E-state index in [1.165, 1.54) is 16.9 Å². The molecule has 0 saturated carbocycles. The van der Waals surface area contributed by atoms with E-state index in [2.05, 4.69) is 55.8 Å². The van der Waals surface area contributed by atoms with Crippen LogP contribution in [0.3, 0.4) is 0 Å². The number of nitrogens with zero attached hydrogens (tertiary/aromatic N) is 2. The summed E-state index contributed by atoms with van der Waals surface area (Å²) in [6.45, 7) is 11.8. The molecule has 104 valence electrons. The molecule has 0 atom stereocenters. The largest absolute Gasteiger partial charge is 0.328 e. The Morgan fingerprint density at radius 3 is 2.68 bits per heavy atom. The fourth-order valence-electron chi connectivity index (χ4n) is 2.48. The van der Waals surface area contributed by atoms with E-state index in [0.717, 1.165) is 31.6 Å². The molecule has 1 N–H and O–H groups in total. The van der Waals surface area contributed by atoms with Gasteiger partial charge in [0.25, 0.3) is 0 Å². The Balaban J connectivity index is 2.36. The molecule has 0 aliphatic rings. The number of rotatable bonds is 6. The van der Waals surface area contributed by atoms with Crippen LogP contribution in [-0.4, -0.2) is 22.6 Å². The lowest BCUT2D eigenvalue weighted by Gasteiger charge is -2.07. The predicted molar refractivity (Wildman–Crippen MR) is 81.7 cm³/mol. The molecule has 0 unspecified atom stereocenters. The molecule has 0 radical (unpaired) electrons. The minimum atomic E-state index is 0.557. The first-order chi connectivity index (χ1) is 9.17. The maximum atomic E-state index is 4.82. The van der Waals surface area contributed by atoms with E-state index in [1.54, 1.807) is 0 Å². The van der Waals surface area contributed by atoms with Crippen molar-refractivity contribution in [2.24, 2.45) is 0 Å². The molecule has 0 aliphatic carbocycles. The Morgan fingerprint density at radius 1 is 1.26 bits per heavy atom. The van der Waals surface area contributed by atoms with Crippen LogP contribution in [0.1, 0.15) is 45.0 Å². The molecule has 1 aromatic heterocycles. The molecule has 3 nitrogen and oxygen atoms in total. The summed E-state index contributed by atoms with van der Waals surface area (Å²) in [7, 11) is 0. The van der Waals surface area contributed by atoms with Crippen LogP contribution in [0.4, 0.5) is 0 Å². The van der Waals surface area contributed by atoms with Gasteiger partial charge in [0.15, 0.2) is 0 Å². The third-order valence-electron chi connectivity index (χ3n) is 3.61. The van der Waals surface area contributed by atoms with Crippen molar-refractivity contribution in [2.75, 3.05) is 13.1 Å². The van der Waals surface area contributed by atoms with E-state index in [9.17, 15) is 0 Å². The number of aryl methyl sites for hydroxylation is 1. The zero-order valence-electron chi connectivity index (χ0n) is 12.5. The van der Waals surface area contributed by atoms with Crippen molar-refractivity contribution in [1.29, 1.82) is 0 Å². The van der Waals surface area contributed by atoms with E-state index in [1.807, 2.05) is 0 Å². The molecule has 1 heterocycles. The maximum Gasteiger partial charge on any atom is 0.111 e. The SMILES string of the molecule is CCNCCc1nc2cc(C(C)C)ccc2n1CC. The summed E-state index contributed by atoms with van der Waals surface area (Å²) >= 11 is 0. The summed E-state index contributed by atoms with van der Waals surface area (Å²) in [6, 6.07) is 6.69. The summed E-state index contributed by atoms with van der Waals surface area (Å²) in [4.78, 5) is 4.82. The van der Waals surface area contributed by atoms with Crippen molar-refractivity contribution in [2.45, 2.75) is 46.6 Å². The summed E-state index contributed by atoms with van der Waals surface area (Å²) in [5.74, 6) is 1.75. The molecule has 2 aromatic rings.